The van der Waals surface area contributed by atoms with Gasteiger partial charge in [-0.15, -0.1) is 0 Å². The van der Waals surface area contributed by atoms with Gasteiger partial charge in [-0.05, 0) is 72.8 Å². The molecule has 4 aromatic carbocycles. The van der Waals surface area contributed by atoms with Crippen LogP contribution in [0.4, 0.5) is 4.39 Å². The van der Waals surface area contributed by atoms with E-state index in [1.807, 2.05) is 24.3 Å². The number of fused-ring (bicyclic) bond motifs is 2. The third-order valence-corrected chi connectivity index (χ3v) is 7.20. The molecule has 5 rings (SSSR count). The van der Waals surface area contributed by atoms with E-state index < -0.39 is 11.8 Å². The number of rotatable bonds is 7. The zero-order valence-corrected chi connectivity index (χ0v) is 20.5. The second-order valence-corrected chi connectivity index (χ2v) is 9.60. The topological polar surface area (TPSA) is 58.6 Å². The monoisotopic (exact) mass is 483 g/mol. The predicted molar refractivity (Wildman–Crippen MR) is 140 cm³/mol. The molecule has 0 aliphatic carbocycles. The first-order valence-corrected chi connectivity index (χ1v) is 12.4. The average molecular weight is 484 g/mol. The van der Waals surface area contributed by atoms with Gasteiger partial charge in [-0.25, -0.2) is 9.18 Å². The molecule has 4 aromatic rings. The fourth-order valence-electron chi connectivity index (χ4n) is 5.34. The first-order chi connectivity index (χ1) is 17.4. The van der Waals surface area contributed by atoms with Gasteiger partial charge in [0.2, 0.25) is 0 Å². The maximum Gasteiger partial charge on any atom is 0.338 e. The molecule has 36 heavy (non-hydrogen) atoms. The lowest BCUT2D eigenvalue weighted by Crippen LogP contribution is -2.31. The number of hydrogen-bond donors (Lipinski definition) is 2. The van der Waals surface area contributed by atoms with E-state index in [0.29, 0.717) is 12.0 Å². The summed E-state index contributed by atoms with van der Waals surface area (Å²) in [6.45, 7) is 4.57. The smallest absolute Gasteiger partial charge is 0.338 e. The molecular weight excluding hydrogens is 453 g/mol. The molecule has 2 N–H and O–H groups in total. The average Bonchev–Trinajstić information content (AvgIpc) is 2.89. The molecule has 0 aromatic heterocycles. The van der Waals surface area contributed by atoms with Crippen molar-refractivity contribution >= 4 is 16.7 Å². The van der Waals surface area contributed by atoms with Crippen LogP contribution in [0.15, 0.2) is 78.9 Å². The van der Waals surface area contributed by atoms with Crippen LogP contribution in [-0.4, -0.2) is 23.7 Å². The molecule has 0 unspecified atom stereocenters. The highest BCUT2D eigenvalue weighted by atomic mass is 19.1. The van der Waals surface area contributed by atoms with Crippen LogP contribution < -0.4 is 10.1 Å². The molecule has 0 saturated heterocycles. The van der Waals surface area contributed by atoms with Gasteiger partial charge in [-0.3, -0.25) is 0 Å². The summed E-state index contributed by atoms with van der Waals surface area (Å²) < 4.78 is 20.8. The molecule has 1 heterocycles. The highest BCUT2D eigenvalue weighted by Gasteiger charge is 2.30. The maximum absolute atomic E-state index is 14.4. The largest absolute Gasteiger partial charge is 0.490 e. The van der Waals surface area contributed by atoms with Gasteiger partial charge in [0.15, 0.2) is 0 Å². The number of carboxylic acids is 1. The van der Waals surface area contributed by atoms with Crippen LogP contribution in [0, 0.1) is 12.7 Å². The van der Waals surface area contributed by atoms with Gasteiger partial charge in [0.25, 0.3) is 0 Å². The standard InChI is InChI=1S/C31H30FNO3/c1-19-16-22(17-28(30(19)32)31(34)35)27-18-23(36-29-13-6-5-11-26(27)29)14-15-33-20(2)24-12-7-9-21-8-3-4-10-25(21)24/h3-13,16-17,20,23,27,33H,14-15,18H2,1-2H3,(H,34,35)/t20-,23-,27-/m1/s1. The maximum atomic E-state index is 14.4. The Balaban J connectivity index is 1.34. The Morgan fingerprint density at radius 3 is 2.67 bits per heavy atom. The molecule has 0 spiro atoms. The van der Waals surface area contributed by atoms with E-state index in [1.54, 1.807) is 13.0 Å². The number of para-hydroxylation sites is 1. The van der Waals surface area contributed by atoms with E-state index in [1.165, 1.54) is 22.4 Å². The van der Waals surface area contributed by atoms with Crippen LogP contribution in [0.5, 0.6) is 5.75 Å². The number of benzene rings is 4. The van der Waals surface area contributed by atoms with Crippen LogP contribution >= 0.6 is 0 Å². The number of halogens is 1. The SMILES string of the molecule is Cc1cc([C@H]2C[C@@H](CCN[C@H](C)c3cccc4ccccc34)Oc3ccccc32)cc(C(=O)O)c1F. The summed E-state index contributed by atoms with van der Waals surface area (Å²) in [5.41, 5.74) is 3.15. The van der Waals surface area contributed by atoms with Crippen LogP contribution in [0.25, 0.3) is 10.8 Å². The van der Waals surface area contributed by atoms with Crippen molar-refractivity contribution in [1.82, 2.24) is 5.32 Å². The molecule has 0 radical (unpaired) electrons. The minimum absolute atomic E-state index is 0.0456. The molecule has 0 bridgehead atoms. The van der Waals surface area contributed by atoms with Gasteiger partial charge >= 0.3 is 5.97 Å². The fourth-order valence-corrected chi connectivity index (χ4v) is 5.34. The number of ether oxygens (including phenoxy) is 1. The molecular formula is C31H30FNO3. The van der Waals surface area contributed by atoms with E-state index in [4.69, 9.17) is 4.74 Å². The van der Waals surface area contributed by atoms with Gasteiger partial charge in [-0.2, -0.15) is 0 Å². The highest BCUT2D eigenvalue weighted by Crippen LogP contribution is 2.41. The lowest BCUT2D eigenvalue weighted by Gasteiger charge is -2.33. The Labute approximate surface area is 210 Å². The normalized spacial score (nSPS) is 17.9. The lowest BCUT2D eigenvalue weighted by atomic mass is 9.82. The summed E-state index contributed by atoms with van der Waals surface area (Å²) in [7, 11) is 0. The highest BCUT2D eigenvalue weighted by molar-refractivity contribution is 5.88. The summed E-state index contributed by atoms with van der Waals surface area (Å²) in [5, 5.41) is 15.6. The van der Waals surface area contributed by atoms with Crippen LogP contribution in [-0.2, 0) is 0 Å². The second kappa shape index (κ2) is 10.1. The Kier molecular flexibility index (Phi) is 6.75. The van der Waals surface area contributed by atoms with E-state index in [0.717, 1.165) is 29.8 Å². The summed E-state index contributed by atoms with van der Waals surface area (Å²) in [6.07, 6.45) is 1.45. The minimum Gasteiger partial charge on any atom is -0.490 e. The van der Waals surface area contributed by atoms with Gasteiger partial charge in [0.05, 0.1) is 5.56 Å². The molecule has 1 aliphatic heterocycles. The third-order valence-electron chi connectivity index (χ3n) is 7.20. The van der Waals surface area contributed by atoms with E-state index in [-0.39, 0.29) is 23.6 Å². The van der Waals surface area contributed by atoms with Crippen molar-refractivity contribution in [2.24, 2.45) is 0 Å². The summed E-state index contributed by atoms with van der Waals surface area (Å²) in [6, 6.07) is 26.1. The molecule has 0 amide bonds. The van der Waals surface area contributed by atoms with E-state index in [9.17, 15) is 14.3 Å². The van der Waals surface area contributed by atoms with Crippen LogP contribution in [0.3, 0.4) is 0 Å². The van der Waals surface area contributed by atoms with Crippen molar-refractivity contribution in [1.29, 1.82) is 0 Å². The number of carboxylic acid groups (broad SMARTS) is 1. The molecule has 1 aliphatic rings. The second-order valence-electron chi connectivity index (χ2n) is 9.60. The minimum atomic E-state index is -1.25. The number of nitrogens with one attached hydrogen (secondary N) is 1. The van der Waals surface area contributed by atoms with Gasteiger partial charge < -0.3 is 15.2 Å². The molecule has 0 fully saturated rings. The molecule has 0 saturated carbocycles. The number of carbonyl (C=O) groups is 1. The molecule has 184 valence electrons. The van der Waals surface area contributed by atoms with Crippen molar-refractivity contribution in [3.8, 4) is 5.75 Å². The summed E-state index contributed by atoms with van der Waals surface area (Å²) >= 11 is 0. The molecule has 4 nitrogen and oxygen atoms in total. The number of aromatic carboxylic acids is 1. The van der Waals surface area contributed by atoms with Crippen LogP contribution in [0.1, 0.15) is 64.3 Å². The van der Waals surface area contributed by atoms with Crippen LogP contribution in [0.2, 0.25) is 0 Å². The van der Waals surface area contributed by atoms with Gasteiger partial charge in [-0.1, -0.05) is 66.7 Å². The van der Waals surface area contributed by atoms with Crippen molar-refractivity contribution in [2.45, 2.75) is 44.8 Å². The third kappa shape index (κ3) is 4.71. The lowest BCUT2D eigenvalue weighted by molar-refractivity contribution is 0.0691. The zero-order valence-electron chi connectivity index (χ0n) is 20.5. The van der Waals surface area contributed by atoms with Crippen molar-refractivity contribution < 1.29 is 19.0 Å². The Hall–Kier alpha value is -3.70. The van der Waals surface area contributed by atoms with Gasteiger partial charge in [0.1, 0.15) is 17.7 Å². The first kappa shape index (κ1) is 24.0. The molecule has 5 heteroatoms. The van der Waals surface area contributed by atoms with Crippen molar-refractivity contribution in [3.05, 3.63) is 112 Å². The summed E-state index contributed by atoms with van der Waals surface area (Å²) in [4.78, 5) is 11.6. The number of hydrogen-bond acceptors (Lipinski definition) is 3. The summed E-state index contributed by atoms with van der Waals surface area (Å²) in [5.74, 6) is -1.18. The van der Waals surface area contributed by atoms with Crippen molar-refractivity contribution in [3.63, 3.8) is 0 Å². The Morgan fingerprint density at radius 1 is 1.08 bits per heavy atom. The van der Waals surface area contributed by atoms with Gasteiger partial charge in [0, 0.05) is 17.5 Å². The predicted octanol–water partition coefficient (Wildman–Crippen LogP) is 7.01. The first-order valence-electron chi connectivity index (χ1n) is 12.4. The Morgan fingerprint density at radius 2 is 1.83 bits per heavy atom. The Bertz CT molecular complexity index is 1410. The van der Waals surface area contributed by atoms with Crippen molar-refractivity contribution in [2.75, 3.05) is 6.54 Å². The molecule has 3 atom stereocenters. The quantitative estimate of drug-likeness (QED) is 0.297. The van der Waals surface area contributed by atoms with E-state index >= 15 is 0 Å². The number of aryl methyl sites for hydroxylation is 1. The fraction of sp³-hybridized carbons (Fsp3) is 0.258. The van der Waals surface area contributed by atoms with E-state index in [2.05, 4.69) is 54.7 Å². The zero-order chi connectivity index (χ0) is 25.2.